The molecule has 1 aromatic rings. The number of hydrogen-bond donors (Lipinski definition) is 1. The standard InChI is InChI=1S/C15H22N2O3/c1-2-20-15(18)12-16-11-13-3-5-14(6-4-13)17-7-9-19-10-8-17/h3-6,16H,2,7-12H2,1H3. The van der Waals surface area contributed by atoms with Crippen LogP contribution in [0.2, 0.25) is 0 Å². The van der Waals surface area contributed by atoms with Crippen LogP contribution in [0.4, 0.5) is 5.69 Å². The molecular formula is C15H22N2O3. The van der Waals surface area contributed by atoms with E-state index in [2.05, 4.69) is 34.5 Å². The maximum atomic E-state index is 11.2. The lowest BCUT2D eigenvalue weighted by atomic mass is 10.2. The number of anilines is 1. The molecule has 0 amide bonds. The van der Waals surface area contributed by atoms with Crippen LogP contribution in [0.1, 0.15) is 12.5 Å². The topological polar surface area (TPSA) is 50.8 Å². The molecule has 0 unspecified atom stereocenters. The Morgan fingerprint density at radius 1 is 1.30 bits per heavy atom. The van der Waals surface area contributed by atoms with Gasteiger partial charge in [0.05, 0.1) is 26.4 Å². The Labute approximate surface area is 119 Å². The number of morpholine rings is 1. The van der Waals surface area contributed by atoms with Gasteiger partial charge in [-0.3, -0.25) is 4.79 Å². The minimum atomic E-state index is -0.211. The summed E-state index contributed by atoms with van der Waals surface area (Å²) in [6.45, 7) is 6.63. The summed E-state index contributed by atoms with van der Waals surface area (Å²) in [4.78, 5) is 13.5. The van der Waals surface area contributed by atoms with E-state index in [1.54, 1.807) is 0 Å². The number of ether oxygens (including phenoxy) is 2. The second-order valence-corrected chi connectivity index (χ2v) is 4.67. The smallest absolute Gasteiger partial charge is 0.319 e. The summed E-state index contributed by atoms with van der Waals surface area (Å²) in [6.07, 6.45) is 0. The van der Waals surface area contributed by atoms with Gasteiger partial charge in [-0.2, -0.15) is 0 Å². The van der Waals surface area contributed by atoms with E-state index in [0.717, 1.165) is 31.9 Å². The summed E-state index contributed by atoms with van der Waals surface area (Å²) < 4.78 is 10.2. The highest BCUT2D eigenvalue weighted by molar-refractivity contribution is 5.71. The Morgan fingerprint density at radius 3 is 2.65 bits per heavy atom. The molecule has 1 fully saturated rings. The van der Waals surface area contributed by atoms with Crippen molar-refractivity contribution >= 4 is 11.7 Å². The molecule has 0 spiro atoms. The molecule has 20 heavy (non-hydrogen) atoms. The molecule has 2 rings (SSSR count). The van der Waals surface area contributed by atoms with Crippen LogP contribution >= 0.6 is 0 Å². The first kappa shape index (κ1) is 14.8. The third kappa shape index (κ3) is 4.51. The Kier molecular flexibility index (Phi) is 5.83. The molecule has 0 radical (unpaired) electrons. The maximum absolute atomic E-state index is 11.2. The minimum Gasteiger partial charge on any atom is -0.465 e. The Morgan fingerprint density at radius 2 is 2.00 bits per heavy atom. The minimum absolute atomic E-state index is 0.211. The largest absolute Gasteiger partial charge is 0.465 e. The highest BCUT2D eigenvalue weighted by atomic mass is 16.5. The van der Waals surface area contributed by atoms with Crippen molar-refractivity contribution in [3.63, 3.8) is 0 Å². The second kappa shape index (κ2) is 7.87. The molecule has 1 saturated heterocycles. The van der Waals surface area contributed by atoms with Crippen LogP contribution in [0.3, 0.4) is 0 Å². The molecular weight excluding hydrogens is 256 g/mol. The number of carbonyl (C=O) groups is 1. The van der Waals surface area contributed by atoms with Crippen LogP contribution in [0.5, 0.6) is 0 Å². The molecule has 1 aliphatic heterocycles. The number of esters is 1. The molecule has 0 aliphatic carbocycles. The molecule has 5 heteroatoms. The zero-order valence-electron chi connectivity index (χ0n) is 11.9. The first-order valence-corrected chi connectivity index (χ1v) is 7.07. The van der Waals surface area contributed by atoms with Gasteiger partial charge in [-0.15, -0.1) is 0 Å². The summed E-state index contributed by atoms with van der Waals surface area (Å²) in [5, 5.41) is 3.08. The van der Waals surface area contributed by atoms with Crippen LogP contribution < -0.4 is 10.2 Å². The lowest BCUT2D eigenvalue weighted by Gasteiger charge is -2.28. The van der Waals surface area contributed by atoms with E-state index in [4.69, 9.17) is 9.47 Å². The van der Waals surface area contributed by atoms with Crippen LogP contribution in [0.15, 0.2) is 24.3 Å². The molecule has 0 saturated carbocycles. The van der Waals surface area contributed by atoms with Gasteiger partial charge in [0, 0.05) is 25.3 Å². The van der Waals surface area contributed by atoms with Crippen molar-refractivity contribution in [3.8, 4) is 0 Å². The van der Waals surface area contributed by atoms with E-state index in [9.17, 15) is 4.79 Å². The van der Waals surface area contributed by atoms with Gasteiger partial charge in [0.15, 0.2) is 0 Å². The fourth-order valence-corrected chi connectivity index (χ4v) is 2.17. The highest BCUT2D eigenvalue weighted by Gasteiger charge is 2.10. The molecule has 1 aliphatic rings. The summed E-state index contributed by atoms with van der Waals surface area (Å²) in [5.74, 6) is -0.211. The van der Waals surface area contributed by atoms with E-state index in [1.807, 2.05) is 6.92 Å². The predicted molar refractivity (Wildman–Crippen MR) is 77.8 cm³/mol. The summed E-state index contributed by atoms with van der Waals surface area (Å²) in [5.41, 5.74) is 2.38. The number of carbonyl (C=O) groups excluding carboxylic acids is 1. The Balaban J connectivity index is 1.77. The average molecular weight is 278 g/mol. The molecule has 1 aromatic carbocycles. The van der Waals surface area contributed by atoms with Crippen molar-refractivity contribution in [3.05, 3.63) is 29.8 Å². The third-order valence-electron chi connectivity index (χ3n) is 3.22. The fourth-order valence-electron chi connectivity index (χ4n) is 2.17. The van der Waals surface area contributed by atoms with Gasteiger partial charge in [0.1, 0.15) is 0 Å². The molecule has 1 N–H and O–H groups in total. The van der Waals surface area contributed by atoms with Gasteiger partial charge >= 0.3 is 5.97 Å². The zero-order chi connectivity index (χ0) is 14.2. The van der Waals surface area contributed by atoms with E-state index >= 15 is 0 Å². The average Bonchev–Trinajstić information content (AvgIpc) is 2.49. The Bertz CT molecular complexity index is 414. The van der Waals surface area contributed by atoms with Crippen molar-refractivity contribution in [2.75, 3.05) is 44.4 Å². The SMILES string of the molecule is CCOC(=O)CNCc1ccc(N2CCOCC2)cc1. The van der Waals surface area contributed by atoms with Crippen molar-refractivity contribution in [1.82, 2.24) is 5.32 Å². The van der Waals surface area contributed by atoms with Crippen LogP contribution in [0, 0.1) is 0 Å². The van der Waals surface area contributed by atoms with Crippen LogP contribution in [-0.2, 0) is 20.8 Å². The number of benzene rings is 1. The number of nitrogens with zero attached hydrogens (tertiary/aromatic N) is 1. The van der Waals surface area contributed by atoms with E-state index in [0.29, 0.717) is 13.2 Å². The molecule has 0 bridgehead atoms. The van der Waals surface area contributed by atoms with Gasteiger partial charge in [-0.1, -0.05) is 12.1 Å². The number of nitrogens with one attached hydrogen (secondary N) is 1. The lowest BCUT2D eigenvalue weighted by molar-refractivity contribution is -0.142. The van der Waals surface area contributed by atoms with E-state index < -0.39 is 0 Å². The van der Waals surface area contributed by atoms with Crippen LogP contribution in [-0.4, -0.2) is 45.4 Å². The van der Waals surface area contributed by atoms with Crippen molar-refractivity contribution in [2.24, 2.45) is 0 Å². The lowest BCUT2D eigenvalue weighted by Crippen LogP contribution is -2.36. The maximum Gasteiger partial charge on any atom is 0.319 e. The van der Waals surface area contributed by atoms with Crippen molar-refractivity contribution < 1.29 is 14.3 Å². The first-order chi connectivity index (χ1) is 9.79. The van der Waals surface area contributed by atoms with Gasteiger partial charge in [0.25, 0.3) is 0 Å². The number of hydrogen-bond acceptors (Lipinski definition) is 5. The second-order valence-electron chi connectivity index (χ2n) is 4.67. The predicted octanol–water partition coefficient (Wildman–Crippen LogP) is 1.18. The molecule has 0 atom stereocenters. The fraction of sp³-hybridized carbons (Fsp3) is 0.533. The zero-order valence-corrected chi connectivity index (χ0v) is 11.9. The Hall–Kier alpha value is -1.59. The number of rotatable bonds is 6. The van der Waals surface area contributed by atoms with Gasteiger partial charge in [-0.25, -0.2) is 0 Å². The first-order valence-electron chi connectivity index (χ1n) is 7.07. The third-order valence-corrected chi connectivity index (χ3v) is 3.22. The molecule has 0 aromatic heterocycles. The highest BCUT2D eigenvalue weighted by Crippen LogP contribution is 2.16. The quantitative estimate of drug-likeness (QED) is 0.792. The summed E-state index contributed by atoms with van der Waals surface area (Å²) in [6, 6.07) is 8.41. The van der Waals surface area contributed by atoms with Gasteiger partial charge in [-0.05, 0) is 24.6 Å². The van der Waals surface area contributed by atoms with E-state index in [-0.39, 0.29) is 12.5 Å². The van der Waals surface area contributed by atoms with E-state index in [1.165, 1.54) is 5.69 Å². The van der Waals surface area contributed by atoms with Gasteiger partial charge < -0.3 is 19.7 Å². The molecule has 5 nitrogen and oxygen atoms in total. The monoisotopic (exact) mass is 278 g/mol. The summed E-state index contributed by atoms with van der Waals surface area (Å²) in [7, 11) is 0. The van der Waals surface area contributed by atoms with Crippen molar-refractivity contribution in [2.45, 2.75) is 13.5 Å². The molecule has 1 heterocycles. The molecule has 110 valence electrons. The van der Waals surface area contributed by atoms with Crippen molar-refractivity contribution in [1.29, 1.82) is 0 Å². The van der Waals surface area contributed by atoms with Gasteiger partial charge in [0.2, 0.25) is 0 Å². The normalized spacial score (nSPS) is 15.2. The summed E-state index contributed by atoms with van der Waals surface area (Å²) >= 11 is 0. The van der Waals surface area contributed by atoms with Crippen LogP contribution in [0.25, 0.3) is 0 Å².